The summed E-state index contributed by atoms with van der Waals surface area (Å²) in [6, 6.07) is 4.56. The van der Waals surface area contributed by atoms with E-state index in [0.29, 0.717) is 42.6 Å². The van der Waals surface area contributed by atoms with Crippen molar-refractivity contribution in [3.63, 3.8) is 0 Å². The molecule has 0 bridgehead atoms. The van der Waals surface area contributed by atoms with Crippen LogP contribution >= 0.6 is 15.9 Å². The Hall–Kier alpha value is -1.45. The first-order valence-corrected chi connectivity index (χ1v) is 11.9. The van der Waals surface area contributed by atoms with Gasteiger partial charge in [0.2, 0.25) is 15.9 Å². The van der Waals surface area contributed by atoms with Crippen molar-refractivity contribution in [2.45, 2.75) is 50.0 Å². The monoisotopic (exact) mass is 471 g/mol. The van der Waals surface area contributed by atoms with Crippen molar-refractivity contribution >= 4 is 37.8 Å². The zero-order valence-electron chi connectivity index (χ0n) is 16.0. The summed E-state index contributed by atoms with van der Waals surface area (Å²) in [4.78, 5) is 26.6. The van der Waals surface area contributed by atoms with Crippen LogP contribution < -0.4 is 5.32 Å². The van der Waals surface area contributed by atoms with E-state index in [-0.39, 0.29) is 22.8 Å². The summed E-state index contributed by atoms with van der Waals surface area (Å²) in [5.74, 6) is -0.250. The number of sulfonamides is 1. The van der Waals surface area contributed by atoms with Gasteiger partial charge in [0, 0.05) is 43.1 Å². The number of hydrogen-bond acceptors (Lipinski definition) is 4. The van der Waals surface area contributed by atoms with E-state index in [4.69, 9.17) is 0 Å². The summed E-state index contributed by atoms with van der Waals surface area (Å²) in [6.07, 6.45) is 3.76. The fourth-order valence-corrected chi connectivity index (χ4v) is 5.65. The Kier molecular flexibility index (Phi) is 6.77. The van der Waals surface area contributed by atoms with Gasteiger partial charge in [-0.2, -0.15) is 4.31 Å². The second-order valence-electron chi connectivity index (χ2n) is 7.26. The number of hydrogen-bond donors (Lipinski definition) is 1. The molecule has 0 radical (unpaired) electrons. The highest BCUT2D eigenvalue weighted by Gasteiger charge is 2.30. The van der Waals surface area contributed by atoms with Crippen LogP contribution in [0.2, 0.25) is 0 Å². The SMILES string of the molecule is CCC(=O)NC1CCCN(C(=O)c2cc(S(=O)(=O)N3CCCC3)ccc2Br)C1. The summed E-state index contributed by atoms with van der Waals surface area (Å²) in [7, 11) is -3.59. The average molecular weight is 472 g/mol. The van der Waals surface area contributed by atoms with E-state index < -0.39 is 10.0 Å². The Labute approximate surface area is 174 Å². The summed E-state index contributed by atoms with van der Waals surface area (Å²) in [5.41, 5.74) is 0.336. The van der Waals surface area contributed by atoms with Crippen molar-refractivity contribution < 1.29 is 18.0 Å². The first-order chi connectivity index (χ1) is 13.3. The predicted octanol–water partition coefficient (Wildman–Crippen LogP) is 2.36. The fraction of sp³-hybridized carbons (Fsp3) is 0.579. The van der Waals surface area contributed by atoms with Crippen molar-refractivity contribution in [2.75, 3.05) is 26.2 Å². The summed E-state index contributed by atoms with van der Waals surface area (Å²) in [6.45, 7) is 3.86. The molecule has 1 aromatic rings. The molecule has 0 saturated carbocycles. The van der Waals surface area contributed by atoms with E-state index in [1.54, 1.807) is 17.9 Å². The van der Waals surface area contributed by atoms with Gasteiger partial charge in [0.25, 0.3) is 5.91 Å². The normalized spacial score (nSPS) is 20.9. The number of halogens is 1. The lowest BCUT2D eigenvalue weighted by Crippen LogP contribution is -2.49. The second-order valence-corrected chi connectivity index (χ2v) is 10.1. The molecule has 2 amide bonds. The van der Waals surface area contributed by atoms with Crippen LogP contribution in [0.5, 0.6) is 0 Å². The molecule has 2 fully saturated rings. The van der Waals surface area contributed by atoms with E-state index in [1.807, 2.05) is 0 Å². The van der Waals surface area contributed by atoms with Gasteiger partial charge in [-0.25, -0.2) is 8.42 Å². The van der Waals surface area contributed by atoms with E-state index in [9.17, 15) is 18.0 Å². The van der Waals surface area contributed by atoms with Crippen molar-refractivity contribution in [2.24, 2.45) is 0 Å². The molecule has 2 saturated heterocycles. The van der Waals surface area contributed by atoms with Gasteiger partial charge >= 0.3 is 0 Å². The number of piperidine rings is 1. The maximum absolute atomic E-state index is 13.1. The zero-order chi connectivity index (χ0) is 20.3. The maximum Gasteiger partial charge on any atom is 0.255 e. The number of likely N-dealkylation sites (tertiary alicyclic amines) is 1. The quantitative estimate of drug-likeness (QED) is 0.713. The third-order valence-electron chi connectivity index (χ3n) is 5.27. The Morgan fingerprint density at radius 1 is 1.18 bits per heavy atom. The number of carbonyl (C=O) groups is 2. The number of carbonyl (C=O) groups excluding carboxylic acids is 2. The third kappa shape index (κ3) is 4.58. The molecule has 2 aliphatic heterocycles. The Balaban J connectivity index is 1.80. The second kappa shape index (κ2) is 8.92. The van der Waals surface area contributed by atoms with Crippen LogP contribution in [0, 0.1) is 0 Å². The minimum atomic E-state index is -3.59. The van der Waals surface area contributed by atoms with Crippen LogP contribution in [0.25, 0.3) is 0 Å². The molecule has 1 unspecified atom stereocenters. The lowest BCUT2D eigenvalue weighted by atomic mass is 10.0. The van der Waals surface area contributed by atoms with Gasteiger partial charge in [-0.1, -0.05) is 6.92 Å². The van der Waals surface area contributed by atoms with Crippen LogP contribution in [-0.2, 0) is 14.8 Å². The van der Waals surface area contributed by atoms with Crippen molar-refractivity contribution in [3.8, 4) is 0 Å². The van der Waals surface area contributed by atoms with Gasteiger partial charge in [0.1, 0.15) is 0 Å². The Morgan fingerprint density at radius 3 is 2.57 bits per heavy atom. The highest BCUT2D eigenvalue weighted by atomic mass is 79.9. The van der Waals surface area contributed by atoms with Gasteiger partial charge in [-0.05, 0) is 59.8 Å². The van der Waals surface area contributed by atoms with Crippen molar-refractivity contribution in [1.82, 2.24) is 14.5 Å². The molecule has 3 rings (SSSR count). The number of nitrogens with zero attached hydrogens (tertiary/aromatic N) is 2. The van der Waals surface area contributed by atoms with E-state index >= 15 is 0 Å². The van der Waals surface area contributed by atoms with Crippen LogP contribution in [0.3, 0.4) is 0 Å². The van der Waals surface area contributed by atoms with Gasteiger partial charge in [-0.3, -0.25) is 9.59 Å². The lowest BCUT2D eigenvalue weighted by Gasteiger charge is -2.33. The Bertz CT molecular complexity index is 853. The summed E-state index contributed by atoms with van der Waals surface area (Å²) >= 11 is 3.39. The third-order valence-corrected chi connectivity index (χ3v) is 7.85. The van der Waals surface area contributed by atoms with Crippen molar-refractivity contribution in [1.29, 1.82) is 0 Å². The molecule has 0 spiro atoms. The highest BCUT2D eigenvalue weighted by molar-refractivity contribution is 9.10. The molecule has 1 aromatic carbocycles. The molecule has 2 heterocycles. The molecular weight excluding hydrogens is 446 g/mol. The van der Waals surface area contributed by atoms with E-state index in [1.165, 1.54) is 16.4 Å². The fourth-order valence-electron chi connectivity index (χ4n) is 3.69. The lowest BCUT2D eigenvalue weighted by molar-refractivity contribution is -0.121. The van der Waals surface area contributed by atoms with Gasteiger partial charge in [0.05, 0.1) is 10.5 Å². The average Bonchev–Trinajstić information content (AvgIpc) is 3.23. The first kappa shape index (κ1) is 21.3. The molecule has 2 aliphatic rings. The van der Waals surface area contributed by atoms with Crippen LogP contribution in [0.4, 0.5) is 0 Å². The van der Waals surface area contributed by atoms with E-state index in [0.717, 1.165) is 25.7 Å². The maximum atomic E-state index is 13.1. The van der Waals surface area contributed by atoms with E-state index in [2.05, 4.69) is 21.2 Å². The largest absolute Gasteiger partial charge is 0.352 e. The number of amides is 2. The van der Waals surface area contributed by atoms with Crippen LogP contribution in [0.1, 0.15) is 49.4 Å². The van der Waals surface area contributed by atoms with Crippen LogP contribution in [0.15, 0.2) is 27.6 Å². The van der Waals surface area contributed by atoms with Gasteiger partial charge in [0.15, 0.2) is 0 Å². The first-order valence-electron chi connectivity index (χ1n) is 9.71. The smallest absolute Gasteiger partial charge is 0.255 e. The molecule has 1 N–H and O–H groups in total. The molecule has 1 atom stereocenters. The number of nitrogens with one attached hydrogen (secondary N) is 1. The number of benzene rings is 1. The number of rotatable bonds is 5. The van der Waals surface area contributed by atoms with Gasteiger partial charge < -0.3 is 10.2 Å². The topological polar surface area (TPSA) is 86.8 Å². The molecule has 0 aliphatic carbocycles. The molecule has 7 nitrogen and oxygen atoms in total. The van der Waals surface area contributed by atoms with Crippen LogP contribution in [-0.4, -0.2) is 61.7 Å². The molecule has 0 aromatic heterocycles. The minimum absolute atomic E-state index is 0.0285. The Morgan fingerprint density at radius 2 is 1.89 bits per heavy atom. The summed E-state index contributed by atoms with van der Waals surface area (Å²) in [5, 5.41) is 2.95. The predicted molar refractivity (Wildman–Crippen MR) is 109 cm³/mol. The standard InChI is InChI=1S/C19H26BrN3O4S/c1-2-18(24)21-14-6-5-9-22(13-14)19(25)16-12-15(7-8-17(16)20)28(26,27)23-10-3-4-11-23/h7-8,12,14H,2-6,9-11,13H2,1H3,(H,21,24). The van der Waals surface area contributed by atoms with Crippen molar-refractivity contribution in [3.05, 3.63) is 28.2 Å². The molecule has 154 valence electrons. The zero-order valence-corrected chi connectivity index (χ0v) is 18.4. The minimum Gasteiger partial charge on any atom is -0.352 e. The molecular formula is C19H26BrN3O4S. The molecule has 28 heavy (non-hydrogen) atoms. The molecule has 9 heteroatoms. The van der Waals surface area contributed by atoms with Gasteiger partial charge in [-0.15, -0.1) is 0 Å². The highest BCUT2D eigenvalue weighted by Crippen LogP contribution is 2.27. The summed E-state index contributed by atoms with van der Waals surface area (Å²) < 4.78 is 27.7.